The molecule has 0 aliphatic carbocycles. The fourth-order valence-electron chi connectivity index (χ4n) is 2.52. The Morgan fingerprint density at radius 2 is 1.64 bits per heavy atom. The molecule has 2 aromatic rings. The number of anilines is 1. The van der Waals surface area contributed by atoms with Gasteiger partial charge >= 0.3 is 0 Å². The molecule has 0 aliphatic rings. The van der Waals surface area contributed by atoms with Crippen molar-refractivity contribution in [2.75, 3.05) is 39.6 Å². The molecule has 134 valence electrons. The highest BCUT2D eigenvalue weighted by molar-refractivity contribution is 6.42. The van der Waals surface area contributed by atoms with Crippen LogP contribution in [0.25, 0.3) is 0 Å². The first kappa shape index (κ1) is 19.6. The van der Waals surface area contributed by atoms with E-state index in [1.165, 1.54) is 0 Å². The van der Waals surface area contributed by atoms with E-state index >= 15 is 0 Å². The second-order valence-electron chi connectivity index (χ2n) is 6.30. The van der Waals surface area contributed by atoms with Crippen LogP contribution >= 0.6 is 23.2 Å². The number of carbonyl (C=O) groups excluding carboxylic acids is 1. The van der Waals surface area contributed by atoms with Crippen molar-refractivity contribution in [3.05, 3.63) is 63.6 Å². The Labute approximate surface area is 159 Å². The van der Waals surface area contributed by atoms with E-state index in [0.29, 0.717) is 22.2 Å². The molecule has 4 nitrogen and oxygen atoms in total. The van der Waals surface area contributed by atoms with Gasteiger partial charge in [-0.2, -0.15) is 0 Å². The fraction of sp³-hybridized carbons (Fsp3) is 0.316. The van der Waals surface area contributed by atoms with Gasteiger partial charge in [0.2, 0.25) is 0 Å². The van der Waals surface area contributed by atoms with Gasteiger partial charge in [0.15, 0.2) is 0 Å². The third-order valence-electron chi connectivity index (χ3n) is 4.06. The molecule has 0 bridgehead atoms. The molecule has 0 heterocycles. The molecule has 0 radical (unpaired) electrons. The van der Waals surface area contributed by atoms with E-state index in [1.807, 2.05) is 28.2 Å². The summed E-state index contributed by atoms with van der Waals surface area (Å²) in [6.07, 6.45) is 0. The Morgan fingerprint density at radius 1 is 1.00 bits per heavy atom. The van der Waals surface area contributed by atoms with Gasteiger partial charge < -0.3 is 15.1 Å². The summed E-state index contributed by atoms with van der Waals surface area (Å²) in [6.45, 7) is 0.493. The Kier molecular flexibility index (Phi) is 6.71. The lowest BCUT2D eigenvalue weighted by molar-refractivity contribution is 0.0942. The summed E-state index contributed by atoms with van der Waals surface area (Å²) < 4.78 is 0. The van der Waals surface area contributed by atoms with Crippen molar-refractivity contribution in [2.45, 2.75) is 6.04 Å². The summed E-state index contributed by atoms with van der Waals surface area (Å²) in [5.41, 5.74) is 2.78. The molecule has 2 rings (SSSR count). The predicted octanol–water partition coefficient (Wildman–Crippen LogP) is 4.09. The van der Waals surface area contributed by atoms with E-state index < -0.39 is 0 Å². The maximum atomic E-state index is 12.4. The number of benzene rings is 2. The minimum absolute atomic E-state index is 0.0722. The number of rotatable bonds is 6. The third-order valence-corrected chi connectivity index (χ3v) is 4.79. The van der Waals surface area contributed by atoms with E-state index in [9.17, 15) is 4.79 Å². The third kappa shape index (κ3) is 5.11. The Bertz CT molecular complexity index is 730. The molecule has 0 saturated carbocycles. The summed E-state index contributed by atoms with van der Waals surface area (Å²) in [6, 6.07) is 13.3. The fourth-order valence-corrected chi connectivity index (χ4v) is 2.82. The minimum atomic E-state index is -0.171. The zero-order valence-electron chi connectivity index (χ0n) is 14.9. The van der Waals surface area contributed by atoms with Crippen LogP contribution < -0.4 is 10.2 Å². The minimum Gasteiger partial charge on any atom is -0.378 e. The van der Waals surface area contributed by atoms with Crippen LogP contribution in [0.15, 0.2) is 42.5 Å². The number of nitrogens with one attached hydrogen (secondary N) is 1. The van der Waals surface area contributed by atoms with Crippen LogP contribution in [0, 0.1) is 0 Å². The second-order valence-corrected chi connectivity index (χ2v) is 7.12. The van der Waals surface area contributed by atoms with Gasteiger partial charge in [0.25, 0.3) is 5.91 Å². The van der Waals surface area contributed by atoms with Crippen LogP contribution in [-0.4, -0.2) is 45.5 Å². The highest BCUT2D eigenvalue weighted by Crippen LogP contribution is 2.23. The van der Waals surface area contributed by atoms with Gasteiger partial charge in [0, 0.05) is 31.9 Å². The molecule has 1 amide bonds. The molecule has 1 atom stereocenters. The average Bonchev–Trinajstić information content (AvgIpc) is 2.57. The first-order valence-corrected chi connectivity index (χ1v) is 8.72. The van der Waals surface area contributed by atoms with Gasteiger partial charge in [-0.05, 0) is 50.0 Å². The Balaban J connectivity index is 2.08. The molecular weight excluding hydrogens is 357 g/mol. The topological polar surface area (TPSA) is 35.6 Å². The monoisotopic (exact) mass is 379 g/mol. The lowest BCUT2D eigenvalue weighted by Crippen LogP contribution is -2.34. The zero-order valence-corrected chi connectivity index (χ0v) is 16.4. The van der Waals surface area contributed by atoms with Crippen LogP contribution in [-0.2, 0) is 0 Å². The van der Waals surface area contributed by atoms with Crippen molar-refractivity contribution in [2.24, 2.45) is 0 Å². The van der Waals surface area contributed by atoms with Crippen molar-refractivity contribution >= 4 is 34.8 Å². The molecule has 0 spiro atoms. The average molecular weight is 380 g/mol. The molecule has 1 N–H and O–H groups in total. The van der Waals surface area contributed by atoms with E-state index in [2.05, 4.69) is 39.4 Å². The van der Waals surface area contributed by atoms with Gasteiger partial charge in [-0.3, -0.25) is 4.79 Å². The highest BCUT2D eigenvalue weighted by atomic mass is 35.5. The van der Waals surface area contributed by atoms with Crippen LogP contribution in [0.5, 0.6) is 0 Å². The number of likely N-dealkylation sites (N-methyl/N-ethyl adjacent to an activating group) is 1. The number of amides is 1. The van der Waals surface area contributed by atoms with E-state index in [1.54, 1.807) is 18.2 Å². The quantitative estimate of drug-likeness (QED) is 0.820. The summed E-state index contributed by atoms with van der Waals surface area (Å²) in [5.74, 6) is -0.171. The van der Waals surface area contributed by atoms with Gasteiger partial charge in [0.1, 0.15) is 0 Å². The largest absolute Gasteiger partial charge is 0.378 e. The van der Waals surface area contributed by atoms with E-state index in [0.717, 1.165) is 11.3 Å². The van der Waals surface area contributed by atoms with Crippen molar-refractivity contribution in [1.29, 1.82) is 0 Å². The Morgan fingerprint density at radius 3 is 2.16 bits per heavy atom. The van der Waals surface area contributed by atoms with Gasteiger partial charge in [-0.25, -0.2) is 0 Å². The first-order valence-electron chi connectivity index (χ1n) is 7.96. The van der Waals surface area contributed by atoms with Crippen molar-refractivity contribution < 1.29 is 4.79 Å². The Hall–Kier alpha value is -1.75. The first-order chi connectivity index (χ1) is 11.8. The van der Waals surface area contributed by atoms with Crippen LogP contribution in [0.3, 0.4) is 0 Å². The van der Waals surface area contributed by atoms with Crippen molar-refractivity contribution in [3.8, 4) is 0 Å². The molecule has 0 aliphatic heterocycles. The molecule has 25 heavy (non-hydrogen) atoms. The van der Waals surface area contributed by atoms with Crippen LogP contribution in [0.1, 0.15) is 22.0 Å². The lowest BCUT2D eigenvalue weighted by Gasteiger charge is -2.26. The van der Waals surface area contributed by atoms with Crippen molar-refractivity contribution in [1.82, 2.24) is 10.2 Å². The normalized spacial score (nSPS) is 12.1. The molecule has 0 saturated heterocycles. The van der Waals surface area contributed by atoms with Crippen LogP contribution in [0.4, 0.5) is 5.69 Å². The molecule has 2 aromatic carbocycles. The van der Waals surface area contributed by atoms with Gasteiger partial charge in [0.05, 0.1) is 16.1 Å². The molecule has 0 fully saturated rings. The number of halogens is 2. The maximum Gasteiger partial charge on any atom is 0.251 e. The van der Waals surface area contributed by atoms with E-state index in [-0.39, 0.29) is 11.9 Å². The van der Waals surface area contributed by atoms with Crippen LogP contribution in [0.2, 0.25) is 10.0 Å². The SMILES string of the molecule is CN(C)c1ccc([C@@H](CNC(=O)c2ccc(Cl)c(Cl)c2)N(C)C)cc1. The van der Waals surface area contributed by atoms with Gasteiger partial charge in [-0.1, -0.05) is 35.3 Å². The zero-order chi connectivity index (χ0) is 18.6. The molecule has 0 unspecified atom stereocenters. The number of carbonyl (C=O) groups is 1. The number of hydrogen-bond acceptors (Lipinski definition) is 3. The summed E-state index contributed by atoms with van der Waals surface area (Å²) in [4.78, 5) is 16.5. The van der Waals surface area contributed by atoms with E-state index in [4.69, 9.17) is 23.2 Å². The highest BCUT2D eigenvalue weighted by Gasteiger charge is 2.16. The summed E-state index contributed by atoms with van der Waals surface area (Å²) in [5, 5.41) is 3.78. The smallest absolute Gasteiger partial charge is 0.251 e. The number of hydrogen-bond donors (Lipinski definition) is 1. The summed E-state index contributed by atoms with van der Waals surface area (Å²) in [7, 11) is 8.01. The molecule has 6 heteroatoms. The second kappa shape index (κ2) is 8.56. The molecule has 0 aromatic heterocycles. The lowest BCUT2D eigenvalue weighted by atomic mass is 10.0. The molecular formula is C19H23Cl2N3O. The maximum absolute atomic E-state index is 12.4. The predicted molar refractivity (Wildman–Crippen MR) is 106 cm³/mol. The standard InChI is InChI=1S/C19H23Cl2N3O/c1-23(2)15-8-5-13(6-9-15)18(24(3)4)12-22-19(25)14-7-10-16(20)17(21)11-14/h5-11,18H,12H2,1-4H3,(H,22,25)/t18-/m1/s1. The number of nitrogens with zero attached hydrogens (tertiary/aromatic N) is 2. The van der Waals surface area contributed by atoms with Gasteiger partial charge in [-0.15, -0.1) is 0 Å². The summed E-state index contributed by atoms with van der Waals surface area (Å²) >= 11 is 11.9. The van der Waals surface area contributed by atoms with Crippen molar-refractivity contribution in [3.63, 3.8) is 0 Å².